The Morgan fingerprint density at radius 2 is 2.07 bits per heavy atom. The van der Waals surface area contributed by atoms with E-state index in [0.717, 1.165) is 11.3 Å². The normalized spacial score (nSPS) is 9.86. The van der Waals surface area contributed by atoms with Crippen molar-refractivity contribution < 1.29 is 13.5 Å². The minimum atomic E-state index is -0.107. The van der Waals surface area contributed by atoms with Gasteiger partial charge in [0.05, 0.1) is 6.61 Å². The van der Waals surface area contributed by atoms with Gasteiger partial charge in [0.25, 0.3) is 0 Å². The van der Waals surface area contributed by atoms with E-state index in [-0.39, 0.29) is 24.8 Å². The van der Waals surface area contributed by atoms with Crippen LogP contribution >= 0.6 is 12.3 Å². The van der Waals surface area contributed by atoms with Crippen LogP contribution in [0.3, 0.4) is 0 Å². The molecule has 0 heterocycles. The molecule has 0 spiro atoms. The molecule has 14 heavy (non-hydrogen) atoms. The second kappa shape index (κ2) is 5.64. The molecule has 1 aromatic rings. The Bertz CT molecular complexity index is 299. The van der Waals surface area contributed by atoms with E-state index in [2.05, 4.69) is 9.50 Å². The second-order valence-electron chi connectivity index (χ2n) is 2.71. The number of anilines is 1. The van der Waals surface area contributed by atoms with Gasteiger partial charge in [-0.15, -0.1) is 4.55 Å². The van der Waals surface area contributed by atoms with E-state index in [9.17, 15) is 9.35 Å². The van der Waals surface area contributed by atoms with Gasteiger partial charge in [-0.3, -0.25) is 8.98 Å². The van der Waals surface area contributed by atoms with E-state index in [4.69, 9.17) is 0 Å². The highest BCUT2D eigenvalue weighted by Gasteiger charge is 1.96. The molecule has 0 aliphatic heterocycles. The zero-order valence-electron chi connectivity index (χ0n) is 7.65. The average molecular weight is 212 g/mol. The predicted molar refractivity (Wildman–Crippen MR) is 53.8 cm³/mol. The number of benzene rings is 1. The highest BCUT2D eigenvalue weighted by atomic mass is 32.2. The smallest absolute Gasteiger partial charge is 0.221 e. The van der Waals surface area contributed by atoms with Crippen LogP contribution in [0.2, 0.25) is 0 Å². The topological polar surface area (TPSA) is 58.2 Å². The summed E-state index contributed by atoms with van der Waals surface area (Å²) < 4.78 is 14.6. The first-order valence-electron chi connectivity index (χ1n) is 4.00. The van der Waals surface area contributed by atoms with E-state index in [0.29, 0.717) is 0 Å². The van der Waals surface area contributed by atoms with Crippen LogP contribution in [0.15, 0.2) is 24.3 Å². The fourth-order valence-electron chi connectivity index (χ4n) is 0.980. The summed E-state index contributed by atoms with van der Waals surface area (Å²) in [6, 6.07) is 7.11. The monoisotopic (exact) mass is 212 g/mol. The van der Waals surface area contributed by atoms with Crippen molar-refractivity contribution in [1.29, 1.82) is 0 Å². The first-order chi connectivity index (χ1) is 6.72. The number of carbonyl (C=O) groups excluding carboxylic acids is 1. The Morgan fingerprint density at radius 3 is 2.57 bits per heavy atom. The molecule has 1 radical (unpaired) electrons. The van der Waals surface area contributed by atoms with E-state index in [1.165, 1.54) is 6.92 Å². The molecule has 75 valence electrons. The summed E-state index contributed by atoms with van der Waals surface area (Å²) in [7, 11) is 0. The van der Waals surface area contributed by atoms with Gasteiger partial charge in [-0.05, 0) is 17.7 Å². The highest BCUT2D eigenvalue weighted by molar-refractivity contribution is 7.88. The molecule has 1 rings (SSSR count). The minimum absolute atomic E-state index is 0.0916. The molecule has 4 nitrogen and oxygen atoms in total. The summed E-state index contributed by atoms with van der Waals surface area (Å²) in [5.74, 6) is -0.107. The summed E-state index contributed by atoms with van der Waals surface area (Å²) in [6.45, 7) is 1.72. The first-order valence-corrected chi connectivity index (χ1v) is 4.67. The quantitative estimate of drug-likeness (QED) is 0.778. The maximum Gasteiger partial charge on any atom is 0.221 e. The lowest BCUT2D eigenvalue weighted by Crippen LogP contribution is -2.05. The predicted octanol–water partition coefficient (Wildman–Crippen LogP) is 2.16. The first kappa shape index (κ1) is 11.0. The summed E-state index contributed by atoms with van der Waals surface area (Å²) in [4.78, 5) is 10.7. The van der Waals surface area contributed by atoms with E-state index in [1.54, 1.807) is 24.3 Å². The molecule has 0 aliphatic rings. The van der Waals surface area contributed by atoms with Crippen molar-refractivity contribution in [2.45, 2.75) is 13.5 Å². The van der Waals surface area contributed by atoms with Crippen molar-refractivity contribution in [2.24, 2.45) is 0 Å². The highest BCUT2D eigenvalue weighted by Crippen LogP contribution is 2.11. The van der Waals surface area contributed by atoms with Gasteiger partial charge in [-0.2, -0.15) is 0 Å². The molecule has 1 aromatic carbocycles. The Labute approximate surface area is 86.7 Å². The third-order valence-corrected chi connectivity index (χ3v) is 1.76. The fourth-order valence-corrected chi connectivity index (χ4v) is 1.16. The lowest BCUT2D eigenvalue weighted by Gasteiger charge is -2.03. The van der Waals surface area contributed by atoms with Crippen LogP contribution in [0.1, 0.15) is 12.5 Å². The largest absolute Gasteiger partial charge is 0.326 e. The van der Waals surface area contributed by atoms with Crippen LogP contribution in [-0.2, 0) is 20.1 Å². The van der Waals surface area contributed by atoms with Crippen LogP contribution in [0.4, 0.5) is 5.69 Å². The van der Waals surface area contributed by atoms with Gasteiger partial charge < -0.3 is 5.32 Å². The van der Waals surface area contributed by atoms with Crippen molar-refractivity contribution >= 4 is 23.9 Å². The molecule has 1 amide bonds. The van der Waals surface area contributed by atoms with Crippen LogP contribution in [-0.4, -0.2) is 5.91 Å². The van der Waals surface area contributed by atoms with Gasteiger partial charge in [-0.1, -0.05) is 12.1 Å². The number of hydrogen-bond acceptors (Lipinski definition) is 3. The summed E-state index contributed by atoms with van der Waals surface area (Å²) >= 11 is 0.0916. The molecular weight excluding hydrogens is 202 g/mol. The van der Waals surface area contributed by atoms with Gasteiger partial charge in [0.2, 0.25) is 5.91 Å². The Kier molecular flexibility index (Phi) is 4.45. The van der Waals surface area contributed by atoms with Crippen molar-refractivity contribution in [3.63, 3.8) is 0 Å². The number of hydrogen-bond donors (Lipinski definition) is 1. The maximum absolute atomic E-state index is 10.7. The third-order valence-electron chi connectivity index (χ3n) is 1.55. The third kappa shape index (κ3) is 3.78. The minimum Gasteiger partial charge on any atom is -0.326 e. The number of rotatable bonds is 4. The van der Waals surface area contributed by atoms with Crippen LogP contribution in [0.5, 0.6) is 0 Å². The van der Waals surface area contributed by atoms with E-state index in [1.807, 2.05) is 0 Å². The Morgan fingerprint density at radius 1 is 1.43 bits per heavy atom. The van der Waals surface area contributed by atoms with Gasteiger partial charge in [0.1, 0.15) is 0 Å². The standard InChI is InChI=1S/C9H10NO3S/c1-7(11)10-9-4-2-8(3-5-9)6-13-14-12/h2-5H,6H2,1H3,(H,10,11). The molecule has 0 saturated carbocycles. The van der Waals surface area contributed by atoms with E-state index >= 15 is 0 Å². The van der Waals surface area contributed by atoms with Crippen molar-refractivity contribution in [3.8, 4) is 0 Å². The van der Waals surface area contributed by atoms with E-state index < -0.39 is 0 Å². The van der Waals surface area contributed by atoms with Crippen LogP contribution in [0.25, 0.3) is 0 Å². The summed E-state index contributed by atoms with van der Waals surface area (Å²) in [6.07, 6.45) is 0. The molecule has 0 fully saturated rings. The summed E-state index contributed by atoms with van der Waals surface area (Å²) in [5, 5.41) is 2.64. The Hall–Kier alpha value is -1.04. The zero-order valence-corrected chi connectivity index (χ0v) is 8.47. The number of nitrogens with one attached hydrogen (secondary N) is 1. The molecule has 0 atom stereocenters. The van der Waals surface area contributed by atoms with Crippen LogP contribution < -0.4 is 5.32 Å². The van der Waals surface area contributed by atoms with Crippen molar-refractivity contribution in [2.75, 3.05) is 5.32 Å². The summed E-state index contributed by atoms with van der Waals surface area (Å²) in [5.41, 5.74) is 1.62. The second-order valence-corrected chi connectivity index (χ2v) is 3.08. The SMILES string of the molecule is CC(=O)Nc1ccc(COS[O])cc1. The van der Waals surface area contributed by atoms with Crippen molar-refractivity contribution in [1.82, 2.24) is 0 Å². The fraction of sp³-hybridized carbons (Fsp3) is 0.222. The lowest BCUT2D eigenvalue weighted by molar-refractivity contribution is -0.114. The average Bonchev–Trinajstić information content (AvgIpc) is 2.16. The molecule has 1 N–H and O–H groups in total. The molecular formula is C9H10NO3S. The molecule has 0 unspecified atom stereocenters. The maximum atomic E-state index is 10.7. The molecule has 0 aliphatic carbocycles. The molecule has 0 saturated heterocycles. The number of amides is 1. The van der Waals surface area contributed by atoms with Gasteiger partial charge in [0, 0.05) is 12.6 Å². The Balaban J connectivity index is 2.54. The van der Waals surface area contributed by atoms with Gasteiger partial charge in [0.15, 0.2) is 12.3 Å². The van der Waals surface area contributed by atoms with Gasteiger partial charge in [-0.25, -0.2) is 0 Å². The van der Waals surface area contributed by atoms with Crippen molar-refractivity contribution in [3.05, 3.63) is 29.8 Å². The van der Waals surface area contributed by atoms with Gasteiger partial charge >= 0.3 is 0 Å². The number of carbonyl (C=O) groups is 1. The molecule has 0 aromatic heterocycles. The molecule has 5 heteroatoms. The zero-order chi connectivity index (χ0) is 10.4. The van der Waals surface area contributed by atoms with Crippen LogP contribution in [0, 0.1) is 0 Å². The molecule has 0 bridgehead atoms. The lowest BCUT2D eigenvalue weighted by atomic mass is 10.2.